The highest BCUT2D eigenvalue weighted by Crippen LogP contribution is 2.45. The molecule has 17 nitrogen and oxygen atoms in total. The second-order valence-electron chi connectivity index (χ2n) is 29.4. The Balaban J connectivity index is 5.17. The van der Waals surface area contributed by atoms with E-state index in [0.717, 1.165) is 109 Å². The molecule has 0 aromatic heterocycles. The summed E-state index contributed by atoms with van der Waals surface area (Å²) in [6.45, 7) is 7.34. The van der Waals surface area contributed by atoms with Crippen LogP contribution < -0.4 is 0 Å². The van der Waals surface area contributed by atoms with Gasteiger partial charge in [-0.25, -0.2) is 9.13 Å². The maximum Gasteiger partial charge on any atom is 0.472 e. The molecule has 594 valence electrons. The molecule has 0 aliphatic carbocycles. The predicted molar refractivity (Wildman–Crippen MR) is 409 cm³/mol. The van der Waals surface area contributed by atoms with Crippen LogP contribution in [0, 0.1) is 5.92 Å². The van der Waals surface area contributed by atoms with Crippen molar-refractivity contribution in [3.05, 3.63) is 0 Å². The van der Waals surface area contributed by atoms with Crippen LogP contribution in [0.25, 0.3) is 0 Å². The van der Waals surface area contributed by atoms with Gasteiger partial charge in [-0.05, 0) is 31.6 Å². The molecule has 0 aliphatic rings. The Bertz CT molecular complexity index is 1910. The standard InChI is InChI=1S/C81H158O17P2/c1-6-10-13-16-19-21-23-25-27-28-29-30-31-32-33-39-43-47-52-57-62-67-81(86)98-77(71-92-79(84)65-60-55-50-45-41-38-35-34-36-40-44-49-53-58-63-74(5)9-4)73-96-100(89,90)94-69-75(82)68-93-99(87,88)95-72-76(70-91-78(83)64-59-54-48-18-15-12-8-3)97-80(85)66-61-56-51-46-42-37-26-24-22-20-17-14-11-7-2/h74-77,82H,6-73H2,1-5H3,(H,87,88)(H,89,90)/t74?,75-,76+,77+/m0/s1. The van der Waals surface area contributed by atoms with Gasteiger partial charge in [0.05, 0.1) is 26.4 Å². The SMILES string of the molecule is CCCCCCCCCCCCCCCCCCCCCCCC(=O)O[C@H](COC(=O)CCCCCCCCCCCCCCCCC(C)CC)COP(=O)(O)OC[C@@H](O)COP(=O)(O)OC[C@@H](COC(=O)CCCCCCCCC)OC(=O)CCCCCCCCCCCCCCCC. The second-order valence-corrected chi connectivity index (χ2v) is 32.3. The topological polar surface area (TPSA) is 237 Å². The van der Waals surface area contributed by atoms with E-state index >= 15 is 0 Å². The average Bonchev–Trinajstić information content (AvgIpc) is 0.936. The van der Waals surface area contributed by atoms with Crippen molar-refractivity contribution in [3.8, 4) is 0 Å². The van der Waals surface area contributed by atoms with Crippen LogP contribution in [0.15, 0.2) is 0 Å². The Morgan fingerprint density at radius 2 is 0.480 bits per heavy atom. The lowest BCUT2D eigenvalue weighted by atomic mass is 9.99. The van der Waals surface area contributed by atoms with E-state index in [4.69, 9.17) is 37.0 Å². The van der Waals surface area contributed by atoms with Crippen molar-refractivity contribution < 1.29 is 80.2 Å². The minimum absolute atomic E-state index is 0.108. The highest BCUT2D eigenvalue weighted by atomic mass is 31.2. The number of phosphoric ester groups is 2. The zero-order valence-corrected chi connectivity index (χ0v) is 67.1. The minimum Gasteiger partial charge on any atom is -0.462 e. The molecule has 6 atom stereocenters. The van der Waals surface area contributed by atoms with Crippen molar-refractivity contribution in [2.24, 2.45) is 5.92 Å². The molecule has 0 spiro atoms. The number of phosphoric acid groups is 2. The summed E-state index contributed by atoms with van der Waals surface area (Å²) in [6, 6.07) is 0. The molecule has 0 amide bonds. The largest absolute Gasteiger partial charge is 0.472 e. The van der Waals surface area contributed by atoms with Gasteiger partial charge in [-0.3, -0.25) is 37.3 Å². The van der Waals surface area contributed by atoms with E-state index in [-0.39, 0.29) is 25.7 Å². The molecule has 0 aromatic carbocycles. The van der Waals surface area contributed by atoms with Crippen LogP contribution in [-0.4, -0.2) is 96.7 Å². The number of carbonyl (C=O) groups excluding carboxylic acids is 4. The third-order valence-corrected chi connectivity index (χ3v) is 21.3. The Hall–Kier alpha value is -1.94. The van der Waals surface area contributed by atoms with Crippen LogP contribution in [0.3, 0.4) is 0 Å². The van der Waals surface area contributed by atoms with Crippen molar-refractivity contribution in [3.63, 3.8) is 0 Å². The number of rotatable bonds is 81. The number of ether oxygens (including phenoxy) is 4. The molecular weight excluding hydrogens is 1310 g/mol. The normalized spacial score (nSPS) is 14.1. The molecule has 3 N–H and O–H groups in total. The summed E-state index contributed by atoms with van der Waals surface area (Å²) >= 11 is 0. The van der Waals surface area contributed by atoms with Gasteiger partial charge in [0, 0.05) is 25.7 Å². The van der Waals surface area contributed by atoms with Crippen LogP contribution in [-0.2, 0) is 65.4 Å². The second kappa shape index (κ2) is 73.9. The fourth-order valence-corrected chi connectivity index (χ4v) is 14.1. The number of hydrogen-bond donors (Lipinski definition) is 3. The van der Waals surface area contributed by atoms with Crippen molar-refractivity contribution in [1.29, 1.82) is 0 Å². The van der Waals surface area contributed by atoms with E-state index in [1.54, 1.807) is 0 Å². The molecule has 0 bridgehead atoms. The first kappa shape index (κ1) is 98.1. The van der Waals surface area contributed by atoms with E-state index in [1.165, 1.54) is 244 Å². The van der Waals surface area contributed by atoms with Gasteiger partial charge >= 0.3 is 39.5 Å². The van der Waals surface area contributed by atoms with Crippen molar-refractivity contribution in [2.75, 3.05) is 39.6 Å². The molecule has 0 radical (unpaired) electrons. The maximum atomic E-state index is 13.1. The Morgan fingerprint density at radius 1 is 0.280 bits per heavy atom. The molecule has 0 aromatic rings. The molecule has 0 heterocycles. The maximum absolute atomic E-state index is 13.1. The van der Waals surface area contributed by atoms with Gasteiger partial charge in [0.1, 0.15) is 19.3 Å². The van der Waals surface area contributed by atoms with Crippen LogP contribution >= 0.6 is 15.6 Å². The molecule has 0 saturated carbocycles. The average molecular weight is 1470 g/mol. The van der Waals surface area contributed by atoms with Crippen LogP contribution in [0.4, 0.5) is 0 Å². The number of aliphatic hydroxyl groups is 1. The summed E-state index contributed by atoms with van der Waals surface area (Å²) in [5.41, 5.74) is 0. The van der Waals surface area contributed by atoms with E-state index in [9.17, 15) is 43.2 Å². The van der Waals surface area contributed by atoms with E-state index in [2.05, 4.69) is 34.6 Å². The first-order chi connectivity index (χ1) is 48.6. The molecule has 0 fully saturated rings. The summed E-state index contributed by atoms with van der Waals surface area (Å²) in [5, 5.41) is 10.6. The molecule has 0 aliphatic heterocycles. The summed E-state index contributed by atoms with van der Waals surface area (Å²) in [4.78, 5) is 72.9. The summed E-state index contributed by atoms with van der Waals surface area (Å²) in [6.07, 6.45) is 65.4. The van der Waals surface area contributed by atoms with Gasteiger partial charge in [-0.1, -0.05) is 381 Å². The molecule has 100 heavy (non-hydrogen) atoms. The van der Waals surface area contributed by atoms with E-state index in [1.807, 2.05) is 0 Å². The third-order valence-electron chi connectivity index (χ3n) is 19.4. The molecule has 0 rings (SSSR count). The van der Waals surface area contributed by atoms with Crippen LogP contribution in [0.1, 0.15) is 433 Å². The smallest absolute Gasteiger partial charge is 0.462 e. The van der Waals surface area contributed by atoms with Gasteiger partial charge in [-0.2, -0.15) is 0 Å². The summed E-state index contributed by atoms with van der Waals surface area (Å²) < 4.78 is 68.6. The zero-order chi connectivity index (χ0) is 73.4. The van der Waals surface area contributed by atoms with Crippen molar-refractivity contribution in [2.45, 2.75) is 451 Å². The highest BCUT2D eigenvalue weighted by Gasteiger charge is 2.30. The predicted octanol–water partition coefficient (Wildman–Crippen LogP) is 24.4. The first-order valence-corrected chi connectivity index (χ1v) is 45.2. The highest BCUT2D eigenvalue weighted by molar-refractivity contribution is 7.47. The van der Waals surface area contributed by atoms with E-state index < -0.39 is 97.5 Å². The number of aliphatic hydroxyl groups excluding tert-OH is 1. The Labute approximate surface area is 613 Å². The number of esters is 4. The molecule has 0 saturated heterocycles. The zero-order valence-electron chi connectivity index (χ0n) is 65.3. The third kappa shape index (κ3) is 73.0. The first-order valence-electron chi connectivity index (χ1n) is 42.2. The summed E-state index contributed by atoms with van der Waals surface area (Å²) in [7, 11) is -9.91. The fraction of sp³-hybridized carbons (Fsp3) is 0.951. The lowest BCUT2D eigenvalue weighted by Gasteiger charge is -2.21. The van der Waals surface area contributed by atoms with Crippen LogP contribution in [0.5, 0.6) is 0 Å². The lowest BCUT2D eigenvalue weighted by Crippen LogP contribution is -2.30. The van der Waals surface area contributed by atoms with Gasteiger partial charge in [-0.15, -0.1) is 0 Å². The summed E-state index contributed by atoms with van der Waals surface area (Å²) in [5.74, 6) is -1.26. The van der Waals surface area contributed by atoms with Crippen molar-refractivity contribution >= 4 is 39.5 Å². The van der Waals surface area contributed by atoms with Crippen molar-refractivity contribution in [1.82, 2.24) is 0 Å². The number of carbonyl (C=O) groups is 4. The number of hydrogen-bond acceptors (Lipinski definition) is 15. The number of unbranched alkanes of at least 4 members (excludes halogenated alkanes) is 52. The Kier molecular flexibility index (Phi) is 72.5. The monoisotopic (exact) mass is 1470 g/mol. The van der Waals surface area contributed by atoms with Gasteiger partial charge in [0.15, 0.2) is 12.2 Å². The minimum atomic E-state index is -4.96. The van der Waals surface area contributed by atoms with Gasteiger partial charge in [0.25, 0.3) is 0 Å². The fourth-order valence-electron chi connectivity index (χ4n) is 12.6. The lowest BCUT2D eigenvalue weighted by molar-refractivity contribution is -0.161. The molecule has 19 heteroatoms. The van der Waals surface area contributed by atoms with Crippen LogP contribution in [0.2, 0.25) is 0 Å². The Morgan fingerprint density at radius 3 is 0.710 bits per heavy atom. The molecule has 3 unspecified atom stereocenters. The van der Waals surface area contributed by atoms with Gasteiger partial charge < -0.3 is 33.8 Å². The quantitative estimate of drug-likeness (QED) is 0.0222. The molecular formula is C81H158O17P2. The van der Waals surface area contributed by atoms with Gasteiger partial charge in [0.2, 0.25) is 0 Å². The van der Waals surface area contributed by atoms with E-state index in [0.29, 0.717) is 25.7 Å².